The Hall–Kier alpha value is -1.61. The molecule has 0 aromatic heterocycles. The van der Waals surface area contributed by atoms with Crippen molar-refractivity contribution in [3.8, 4) is 0 Å². The Morgan fingerprint density at radius 3 is 2.24 bits per heavy atom. The van der Waals surface area contributed by atoms with Crippen LogP contribution >= 0.6 is 0 Å². The van der Waals surface area contributed by atoms with Crippen LogP contribution in [0.1, 0.15) is 45.7 Å². The lowest BCUT2D eigenvalue weighted by molar-refractivity contribution is 0.0860. The highest BCUT2D eigenvalue weighted by molar-refractivity contribution is 5.98. The number of nitrogens with two attached hydrogens (primary N) is 1. The van der Waals surface area contributed by atoms with Crippen molar-refractivity contribution in [3.63, 3.8) is 0 Å². The zero-order chi connectivity index (χ0) is 16.0. The monoisotopic (exact) mass is 288 g/mol. The van der Waals surface area contributed by atoms with Gasteiger partial charge in [-0.25, -0.2) is 0 Å². The van der Waals surface area contributed by atoms with Crippen LogP contribution < -0.4 is 5.73 Å². The fourth-order valence-corrected chi connectivity index (χ4v) is 1.93. The minimum atomic E-state index is 0.00916. The summed E-state index contributed by atoms with van der Waals surface area (Å²) in [7, 11) is 0. The normalized spacial score (nSPS) is 13.6. The SMILES string of the molecule is C=C(C(C)C)C(N)Cc1ccc(/C(C)=N\OC(C)C)cc1. The molecule has 0 spiro atoms. The van der Waals surface area contributed by atoms with Gasteiger partial charge in [0.05, 0.1) is 5.71 Å². The molecule has 0 aliphatic heterocycles. The van der Waals surface area contributed by atoms with Gasteiger partial charge in [0.1, 0.15) is 6.10 Å². The van der Waals surface area contributed by atoms with Crippen LogP contribution in [0.2, 0.25) is 0 Å². The van der Waals surface area contributed by atoms with Gasteiger partial charge in [0.15, 0.2) is 0 Å². The number of hydrogen-bond acceptors (Lipinski definition) is 3. The van der Waals surface area contributed by atoms with Crippen molar-refractivity contribution < 1.29 is 4.84 Å². The number of nitrogens with zero attached hydrogens (tertiary/aromatic N) is 1. The smallest absolute Gasteiger partial charge is 0.122 e. The van der Waals surface area contributed by atoms with E-state index in [1.54, 1.807) is 0 Å². The van der Waals surface area contributed by atoms with Gasteiger partial charge in [-0.1, -0.05) is 55.4 Å². The molecule has 1 rings (SSSR count). The predicted octanol–water partition coefficient (Wildman–Crippen LogP) is 3.92. The third-order valence-corrected chi connectivity index (χ3v) is 3.45. The summed E-state index contributed by atoms with van der Waals surface area (Å²) >= 11 is 0. The van der Waals surface area contributed by atoms with Gasteiger partial charge in [-0.05, 0) is 44.2 Å². The van der Waals surface area contributed by atoms with E-state index in [0.717, 1.165) is 23.3 Å². The highest BCUT2D eigenvalue weighted by Crippen LogP contribution is 2.15. The van der Waals surface area contributed by atoms with Crippen molar-refractivity contribution in [2.75, 3.05) is 0 Å². The molecule has 0 radical (unpaired) electrons. The average Bonchev–Trinajstić information content (AvgIpc) is 2.44. The molecule has 21 heavy (non-hydrogen) atoms. The molecule has 1 aromatic rings. The minimum absolute atomic E-state index is 0.00916. The summed E-state index contributed by atoms with van der Waals surface area (Å²) in [5.74, 6) is 0.418. The second-order valence-corrected chi connectivity index (χ2v) is 6.07. The van der Waals surface area contributed by atoms with E-state index in [9.17, 15) is 0 Å². The predicted molar refractivity (Wildman–Crippen MR) is 90.5 cm³/mol. The van der Waals surface area contributed by atoms with E-state index >= 15 is 0 Å². The van der Waals surface area contributed by atoms with E-state index in [2.05, 4.69) is 49.8 Å². The molecule has 3 heteroatoms. The fourth-order valence-electron chi connectivity index (χ4n) is 1.93. The maximum Gasteiger partial charge on any atom is 0.122 e. The van der Waals surface area contributed by atoms with E-state index in [-0.39, 0.29) is 12.1 Å². The molecular formula is C18H28N2O. The van der Waals surface area contributed by atoms with Crippen LogP contribution in [0, 0.1) is 5.92 Å². The first kappa shape index (κ1) is 17.4. The van der Waals surface area contributed by atoms with Gasteiger partial charge in [-0.2, -0.15) is 0 Å². The lowest BCUT2D eigenvalue weighted by Crippen LogP contribution is -2.27. The van der Waals surface area contributed by atoms with Gasteiger partial charge >= 0.3 is 0 Å². The van der Waals surface area contributed by atoms with Crippen LogP contribution in [0.5, 0.6) is 0 Å². The number of benzene rings is 1. The topological polar surface area (TPSA) is 47.6 Å². The third kappa shape index (κ3) is 5.72. The molecule has 0 saturated carbocycles. The molecule has 116 valence electrons. The summed E-state index contributed by atoms with van der Waals surface area (Å²) in [6.07, 6.45) is 0.912. The Morgan fingerprint density at radius 2 is 1.76 bits per heavy atom. The molecule has 0 aliphatic carbocycles. The standard InChI is InChI=1S/C18H28N2O/c1-12(2)14(5)18(19)11-16-7-9-17(10-8-16)15(6)20-21-13(3)4/h7-10,12-13,18H,5,11,19H2,1-4,6H3/b20-15-. The van der Waals surface area contributed by atoms with Crippen LogP contribution in [0.15, 0.2) is 41.6 Å². The first-order chi connectivity index (χ1) is 9.81. The Balaban J connectivity index is 2.70. The van der Waals surface area contributed by atoms with Gasteiger partial charge in [0.25, 0.3) is 0 Å². The van der Waals surface area contributed by atoms with Crippen molar-refractivity contribution in [1.82, 2.24) is 0 Å². The molecule has 0 bridgehead atoms. The van der Waals surface area contributed by atoms with Crippen LogP contribution in [-0.2, 0) is 11.3 Å². The second kappa shape index (κ2) is 7.99. The van der Waals surface area contributed by atoms with Crippen LogP contribution in [0.4, 0.5) is 0 Å². The lowest BCUT2D eigenvalue weighted by Gasteiger charge is -2.18. The lowest BCUT2D eigenvalue weighted by atomic mass is 9.93. The second-order valence-electron chi connectivity index (χ2n) is 6.07. The van der Waals surface area contributed by atoms with Gasteiger partial charge in [-0.15, -0.1) is 0 Å². The summed E-state index contributed by atoms with van der Waals surface area (Å²) in [4.78, 5) is 5.27. The highest BCUT2D eigenvalue weighted by atomic mass is 16.6. The molecule has 3 nitrogen and oxygen atoms in total. The largest absolute Gasteiger partial charge is 0.393 e. The zero-order valence-corrected chi connectivity index (χ0v) is 13.9. The van der Waals surface area contributed by atoms with Gasteiger partial charge < -0.3 is 10.6 Å². The molecule has 0 amide bonds. The minimum Gasteiger partial charge on any atom is -0.393 e. The molecule has 1 atom stereocenters. The van der Waals surface area contributed by atoms with Gasteiger partial charge in [0.2, 0.25) is 0 Å². The molecule has 1 aromatic carbocycles. The molecule has 0 saturated heterocycles. The van der Waals surface area contributed by atoms with E-state index in [1.807, 2.05) is 20.8 Å². The summed E-state index contributed by atoms with van der Waals surface area (Å²) in [5, 5.41) is 4.11. The number of rotatable bonds is 7. The molecule has 0 fully saturated rings. The molecule has 0 heterocycles. The molecule has 0 aliphatic rings. The first-order valence-corrected chi connectivity index (χ1v) is 7.55. The summed E-state index contributed by atoms with van der Waals surface area (Å²) in [6, 6.07) is 8.31. The van der Waals surface area contributed by atoms with Crippen molar-refractivity contribution in [3.05, 3.63) is 47.5 Å². The molecular weight excluding hydrogens is 260 g/mol. The van der Waals surface area contributed by atoms with Gasteiger partial charge in [-0.3, -0.25) is 0 Å². The summed E-state index contributed by atoms with van der Waals surface area (Å²) < 4.78 is 0. The Labute approximate surface area is 128 Å². The van der Waals surface area contributed by atoms with E-state index in [1.165, 1.54) is 5.56 Å². The highest BCUT2D eigenvalue weighted by Gasteiger charge is 2.11. The molecule has 2 N–H and O–H groups in total. The average molecular weight is 288 g/mol. The van der Waals surface area contributed by atoms with Crippen molar-refractivity contribution in [1.29, 1.82) is 0 Å². The van der Waals surface area contributed by atoms with Crippen LogP contribution in [-0.4, -0.2) is 17.9 Å². The van der Waals surface area contributed by atoms with Crippen molar-refractivity contribution in [2.24, 2.45) is 16.8 Å². The number of hydrogen-bond donors (Lipinski definition) is 1. The van der Waals surface area contributed by atoms with E-state index in [4.69, 9.17) is 10.6 Å². The Kier molecular flexibility index (Phi) is 6.63. The summed E-state index contributed by atoms with van der Waals surface area (Å²) in [5.41, 5.74) is 10.4. The fraction of sp³-hybridized carbons (Fsp3) is 0.500. The van der Waals surface area contributed by atoms with Crippen LogP contribution in [0.3, 0.4) is 0 Å². The molecule has 1 unspecified atom stereocenters. The Bertz CT molecular complexity index is 486. The zero-order valence-electron chi connectivity index (χ0n) is 13.9. The Morgan fingerprint density at radius 1 is 1.19 bits per heavy atom. The third-order valence-electron chi connectivity index (χ3n) is 3.45. The maximum atomic E-state index is 6.19. The number of oxime groups is 1. The quantitative estimate of drug-likeness (QED) is 0.469. The van der Waals surface area contributed by atoms with Gasteiger partial charge in [0, 0.05) is 6.04 Å². The summed E-state index contributed by atoms with van der Waals surface area (Å²) in [6.45, 7) is 14.2. The van der Waals surface area contributed by atoms with Crippen molar-refractivity contribution in [2.45, 2.75) is 53.2 Å². The van der Waals surface area contributed by atoms with E-state index in [0.29, 0.717) is 5.92 Å². The first-order valence-electron chi connectivity index (χ1n) is 7.55. The van der Waals surface area contributed by atoms with Crippen LogP contribution in [0.25, 0.3) is 0 Å². The van der Waals surface area contributed by atoms with E-state index < -0.39 is 0 Å². The van der Waals surface area contributed by atoms with Crippen molar-refractivity contribution >= 4 is 5.71 Å². The maximum absolute atomic E-state index is 6.19.